The number of carboxylic acid groups (broad SMARTS) is 1. The van der Waals surface area contributed by atoms with Crippen molar-refractivity contribution in [1.29, 1.82) is 0 Å². The Morgan fingerprint density at radius 1 is 1.35 bits per heavy atom. The number of aliphatic carboxylic acids is 1. The van der Waals surface area contributed by atoms with Gasteiger partial charge in [-0.2, -0.15) is 0 Å². The predicted octanol–water partition coefficient (Wildman–Crippen LogP) is 1.54. The van der Waals surface area contributed by atoms with Gasteiger partial charge in [0.2, 0.25) is 5.91 Å². The fourth-order valence-corrected chi connectivity index (χ4v) is 3.04. The minimum atomic E-state index is -0.854. The van der Waals surface area contributed by atoms with Crippen molar-refractivity contribution in [3.63, 3.8) is 0 Å². The molecule has 0 unspecified atom stereocenters. The van der Waals surface area contributed by atoms with E-state index in [1.54, 1.807) is 0 Å². The molecule has 3 N–H and O–H groups in total. The highest BCUT2D eigenvalue weighted by Gasteiger charge is 2.42. The number of carbonyl (C=O) groups is 2. The number of carboxylic acids is 1. The number of hydrogen-bond acceptors (Lipinski definition) is 3. The zero-order valence-corrected chi connectivity index (χ0v) is 11.2. The minimum absolute atomic E-state index is 0.0123. The predicted molar refractivity (Wildman–Crippen MR) is 74.5 cm³/mol. The molecule has 1 aromatic rings. The summed E-state index contributed by atoms with van der Waals surface area (Å²) in [6.45, 7) is 0. The van der Waals surface area contributed by atoms with Crippen molar-refractivity contribution in [3.05, 3.63) is 29.8 Å². The summed E-state index contributed by atoms with van der Waals surface area (Å²) in [6, 6.07) is 7.56. The fourth-order valence-electron chi connectivity index (χ4n) is 3.04. The average Bonchev–Trinajstić information content (AvgIpc) is 2.79. The SMILES string of the molecule is O=C(O)CC1(NC(=O)[C@@H]2Cc3ccccc3N2)CCC1. The number of hydrogen-bond donors (Lipinski definition) is 3. The van der Waals surface area contributed by atoms with Crippen molar-refractivity contribution in [2.45, 2.75) is 43.7 Å². The van der Waals surface area contributed by atoms with E-state index in [2.05, 4.69) is 10.6 Å². The minimum Gasteiger partial charge on any atom is -0.481 e. The molecule has 0 spiro atoms. The van der Waals surface area contributed by atoms with Gasteiger partial charge in [0.15, 0.2) is 0 Å². The van der Waals surface area contributed by atoms with Crippen LogP contribution in [0.4, 0.5) is 5.69 Å². The van der Waals surface area contributed by atoms with Gasteiger partial charge in [-0.25, -0.2) is 0 Å². The van der Waals surface area contributed by atoms with Gasteiger partial charge in [0.25, 0.3) is 0 Å². The third-order valence-corrected chi connectivity index (χ3v) is 4.28. The highest BCUT2D eigenvalue weighted by molar-refractivity contribution is 5.88. The van der Waals surface area contributed by atoms with Gasteiger partial charge in [-0.15, -0.1) is 0 Å². The van der Waals surface area contributed by atoms with Crippen LogP contribution in [0.3, 0.4) is 0 Å². The maximum Gasteiger partial charge on any atom is 0.305 e. The first-order chi connectivity index (χ1) is 9.58. The molecule has 1 heterocycles. The van der Waals surface area contributed by atoms with E-state index in [0.717, 1.165) is 30.5 Å². The van der Waals surface area contributed by atoms with Gasteiger partial charge in [0.1, 0.15) is 6.04 Å². The third-order valence-electron chi connectivity index (χ3n) is 4.28. The van der Waals surface area contributed by atoms with Gasteiger partial charge in [0.05, 0.1) is 12.0 Å². The Morgan fingerprint density at radius 2 is 2.10 bits per heavy atom. The van der Waals surface area contributed by atoms with E-state index in [1.807, 2.05) is 24.3 Å². The summed E-state index contributed by atoms with van der Waals surface area (Å²) >= 11 is 0. The van der Waals surface area contributed by atoms with Gasteiger partial charge in [0, 0.05) is 12.1 Å². The van der Waals surface area contributed by atoms with Crippen LogP contribution in [0.25, 0.3) is 0 Å². The molecule has 0 radical (unpaired) electrons. The number of fused-ring (bicyclic) bond motifs is 1. The third kappa shape index (κ3) is 2.35. The van der Waals surface area contributed by atoms with E-state index in [4.69, 9.17) is 5.11 Å². The van der Waals surface area contributed by atoms with Crippen molar-refractivity contribution < 1.29 is 14.7 Å². The number of amides is 1. The standard InChI is InChI=1S/C15H18N2O3/c18-13(19)9-15(6-3-7-15)17-14(20)12-8-10-4-1-2-5-11(10)16-12/h1-2,4-5,12,16H,3,6-9H2,(H,17,20)(H,18,19)/t12-/m0/s1. The van der Waals surface area contributed by atoms with Crippen LogP contribution in [0, 0.1) is 0 Å². The molecule has 3 rings (SSSR count). The Labute approximate surface area is 117 Å². The maximum atomic E-state index is 12.3. The monoisotopic (exact) mass is 274 g/mol. The van der Waals surface area contributed by atoms with Gasteiger partial charge < -0.3 is 15.7 Å². The van der Waals surface area contributed by atoms with Crippen LogP contribution in [0.5, 0.6) is 0 Å². The van der Waals surface area contributed by atoms with Gasteiger partial charge in [-0.3, -0.25) is 9.59 Å². The molecular weight excluding hydrogens is 256 g/mol. The Balaban J connectivity index is 1.65. The Kier molecular flexibility index (Phi) is 3.12. The van der Waals surface area contributed by atoms with Crippen LogP contribution >= 0.6 is 0 Å². The summed E-state index contributed by atoms with van der Waals surface area (Å²) < 4.78 is 0. The van der Waals surface area contributed by atoms with Crippen LogP contribution in [-0.4, -0.2) is 28.6 Å². The first kappa shape index (κ1) is 13.0. The summed E-state index contributed by atoms with van der Waals surface area (Å²) in [5.41, 5.74) is 1.60. The second kappa shape index (κ2) is 4.81. The maximum absolute atomic E-state index is 12.3. The number of para-hydroxylation sites is 1. The van der Waals surface area contributed by atoms with E-state index in [1.165, 1.54) is 0 Å². The number of carbonyl (C=O) groups excluding carboxylic acids is 1. The summed E-state index contributed by atoms with van der Waals surface area (Å²) in [4.78, 5) is 23.3. The summed E-state index contributed by atoms with van der Waals surface area (Å²) in [5.74, 6) is -0.949. The van der Waals surface area contributed by atoms with E-state index in [0.29, 0.717) is 6.42 Å². The lowest BCUT2D eigenvalue weighted by molar-refractivity contribution is -0.140. The van der Waals surface area contributed by atoms with Crippen molar-refractivity contribution >= 4 is 17.6 Å². The molecule has 0 saturated heterocycles. The van der Waals surface area contributed by atoms with Crippen LogP contribution in [0.2, 0.25) is 0 Å². The lowest BCUT2D eigenvalue weighted by Gasteiger charge is -2.42. The average molecular weight is 274 g/mol. The molecule has 2 aliphatic rings. The van der Waals surface area contributed by atoms with E-state index < -0.39 is 11.5 Å². The molecule has 1 aliphatic carbocycles. The lowest BCUT2D eigenvalue weighted by atomic mass is 9.74. The van der Waals surface area contributed by atoms with E-state index >= 15 is 0 Å². The molecule has 1 aromatic carbocycles. The molecule has 1 fully saturated rings. The first-order valence-corrected chi connectivity index (χ1v) is 6.96. The second-order valence-electron chi connectivity index (χ2n) is 5.75. The molecular formula is C15H18N2O3. The summed E-state index contributed by atoms with van der Waals surface area (Å²) in [7, 11) is 0. The Bertz CT molecular complexity index is 527. The van der Waals surface area contributed by atoms with Gasteiger partial charge >= 0.3 is 5.97 Å². The number of nitrogens with one attached hydrogen (secondary N) is 2. The topological polar surface area (TPSA) is 78.4 Å². The largest absolute Gasteiger partial charge is 0.481 e. The molecule has 0 bridgehead atoms. The van der Waals surface area contributed by atoms with Gasteiger partial charge in [-0.1, -0.05) is 18.2 Å². The fraction of sp³-hybridized carbons (Fsp3) is 0.467. The molecule has 5 heteroatoms. The molecule has 1 atom stereocenters. The lowest BCUT2D eigenvalue weighted by Crippen LogP contribution is -2.57. The summed E-state index contributed by atoms with van der Waals surface area (Å²) in [6.07, 6.45) is 3.16. The normalized spacial score (nSPS) is 22.3. The van der Waals surface area contributed by atoms with Crippen molar-refractivity contribution in [2.24, 2.45) is 0 Å². The number of benzene rings is 1. The molecule has 106 valence electrons. The molecule has 1 saturated carbocycles. The van der Waals surface area contributed by atoms with Crippen molar-refractivity contribution in [2.75, 3.05) is 5.32 Å². The molecule has 1 aliphatic heterocycles. The van der Waals surface area contributed by atoms with Crippen LogP contribution in [0.15, 0.2) is 24.3 Å². The van der Waals surface area contributed by atoms with Crippen molar-refractivity contribution in [1.82, 2.24) is 5.32 Å². The summed E-state index contributed by atoms with van der Waals surface area (Å²) in [5, 5.41) is 15.1. The Hall–Kier alpha value is -2.04. The van der Waals surface area contributed by atoms with E-state index in [-0.39, 0.29) is 18.4 Å². The number of rotatable bonds is 4. The van der Waals surface area contributed by atoms with E-state index in [9.17, 15) is 9.59 Å². The van der Waals surface area contributed by atoms with Gasteiger partial charge in [-0.05, 0) is 30.9 Å². The highest BCUT2D eigenvalue weighted by atomic mass is 16.4. The van der Waals surface area contributed by atoms with Crippen LogP contribution < -0.4 is 10.6 Å². The second-order valence-corrected chi connectivity index (χ2v) is 5.75. The zero-order valence-electron chi connectivity index (χ0n) is 11.2. The molecule has 0 aromatic heterocycles. The zero-order chi connectivity index (χ0) is 14.2. The highest BCUT2D eigenvalue weighted by Crippen LogP contribution is 2.35. The first-order valence-electron chi connectivity index (χ1n) is 6.96. The molecule has 20 heavy (non-hydrogen) atoms. The van der Waals surface area contributed by atoms with Crippen LogP contribution in [0.1, 0.15) is 31.2 Å². The molecule has 1 amide bonds. The molecule has 5 nitrogen and oxygen atoms in total. The smallest absolute Gasteiger partial charge is 0.305 e. The number of anilines is 1. The quantitative estimate of drug-likeness (QED) is 0.778. The van der Waals surface area contributed by atoms with Crippen LogP contribution in [-0.2, 0) is 16.0 Å². The van der Waals surface area contributed by atoms with Crippen molar-refractivity contribution in [3.8, 4) is 0 Å². The Morgan fingerprint density at radius 3 is 2.70 bits per heavy atom.